The number of carbonyl (C=O) groups excluding carboxylic acids is 1. The molecule has 2 heterocycles. The van der Waals surface area contributed by atoms with Crippen LogP contribution in [0.1, 0.15) is 0 Å². The minimum atomic E-state index is -0.266. The Labute approximate surface area is 160 Å². The molecule has 124 valence electrons. The van der Waals surface area contributed by atoms with Crippen LogP contribution in [0, 0.1) is 0 Å². The molecule has 2 aromatic heterocycles. The molecule has 3 aromatic rings. The van der Waals surface area contributed by atoms with Crippen molar-refractivity contribution in [3.63, 3.8) is 0 Å². The van der Waals surface area contributed by atoms with Crippen LogP contribution >= 0.6 is 50.6 Å². The number of nitrogens with zero attached hydrogens (tertiary/aromatic N) is 2. The molecule has 0 aliphatic rings. The SMILES string of the molecule is O=C(NCCSc1ncnc2ccsc12)Nc1ccc(Br)c(Cl)c1. The largest absolute Gasteiger partial charge is 0.337 e. The van der Waals surface area contributed by atoms with Crippen LogP contribution in [0.2, 0.25) is 5.02 Å². The highest BCUT2D eigenvalue weighted by Crippen LogP contribution is 2.28. The van der Waals surface area contributed by atoms with Crippen LogP contribution in [-0.2, 0) is 0 Å². The van der Waals surface area contributed by atoms with Gasteiger partial charge in [0.05, 0.1) is 15.2 Å². The van der Waals surface area contributed by atoms with E-state index in [2.05, 4.69) is 36.5 Å². The van der Waals surface area contributed by atoms with E-state index in [1.54, 1.807) is 47.6 Å². The fraction of sp³-hybridized carbons (Fsp3) is 0.133. The number of amides is 2. The molecule has 0 radical (unpaired) electrons. The zero-order valence-electron chi connectivity index (χ0n) is 12.3. The first kappa shape index (κ1) is 17.5. The Morgan fingerprint density at radius 2 is 2.21 bits per heavy atom. The monoisotopic (exact) mass is 442 g/mol. The van der Waals surface area contributed by atoms with E-state index in [0.29, 0.717) is 17.3 Å². The van der Waals surface area contributed by atoms with Crippen LogP contribution in [0.25, 0.3) is 10.2 Å². The highest BCUT2D eigenvalue weighted by Gasteiger charge is 2.07. The Balaban J connectivity index is 1.47. The van der Waals surface area contributed by atoms with Gasteiger partial charge in [-0.25, -0.2) is 14.8 Å². The topological polar surface area (TPSA) is 66.9 Å². The summed E-state index contributed by atoms with van der Waals surface area (Å²) >= 11 is 12.5. The Morgan fingerprint density at radius 1 is 1.33 bits per heavy atom. The van der Waals surface area contributed by atoms with Gasteiger partial charge in [-0.05, 0) is 45.6 Å². The molecule has 0 unspecified atom stereocenters. The quantitative estimate of drug-likeness (QED) is 0.330. The molecular weight excluding hydrogens is 432 g/mol. The number of aromatic nitrogens is 2. The number of halogens is 2. The maximum Gasteiger partial charge on any atom is 0.319 e. The normalized spacial score (nSPS) is 10.8. The number of fused-ring (bicyclic) bond motifs is 1. The Morgan fingerprint density at radius 3 is 3.04 bits per heavy atom. The summed E-state index contributed by atoms with van der Waals surface area (Å²) in [5.74, 6) is 0.721. The van der Waals surface area contributed by atoms with Crippen LogP contribution < -0.4 is 10.6 Å². The molecule has 2 N–H and O–H groups in total. The fourth-order valence-electron chi connectivity index (χ4n) is 1.93. The van der Waals surface area contributed by atoms with Crippen LogP contribution in [-0.4, -0.2) is 28.3 Å². The van der Waals surface area contributed by atoms with Crippen molar-refractivity contribution in [1.29, 1.82) is 0 Å². The van der Waals surface area contributed by atoms with E-state index in [1.165, 1.54) is 0 Å². The molecule has 0 saturated carbocycles. The molecular formula is C15H12BrClN4OS2. The number of anilines is 1. The molecule has 1 aromatic carbocycles. The molecule has 0 fully saturated rings. The summed E-state index contributed by atoms with van der Waals surface area (Å²) in [6.45, 7) is 0.525. The summed E-state index contributed by atoms with van der Waals surface area (Å²) in [7, 11) is 0. The Bertz CT molecular complexity index is 874. The smallest absolute Gasteiger partial charge is 0.319 e. The van der Waals surface area contributed by atoms with E-state index in [-0.39, 0.29) is 6.03 Å². The second-order valence-corrected chi connectivity index (χ2v) is 7.93. The number of nitrogens with one attached hydrogen (secondary N) is 2. The number of thioether (sulfide) groups is 1. The average molecular weight is 444 g/mol. The average Bonchev–Trinajstić information content (AvgIpc) is 3.04. The van der Waals surface area contributed by atoms with Gasteiger partial charge in [-0.3, -0.25) is 0 Å². The van der Waals surface area contributed by atoms with Crippen molar-refractivity contribution in [1.82, 2.24) is 15.3 Å². The summed E-state index contributed by atoms with van der Waals surface area (Å²) in [5.41, 5.74) is 1.60. The highest BCUT2D eigenvalue weighted by molar-refractivity contribution is 9.10. The van der Waals surface area contributed by atoms with E-state index in [0.717, 1.165) is 25.5 Å². The summed E-state index contributed by atoms with van der Waals surface area (Å²) in [4.78, 5) is 20.4. The number of hydrogen-bond donors (Lipinski definition) is 2. The number of thiophene rings is 1. The number of hydrogen-bond acceptors (Lipinski definition) is 5. The molecule has 3 rings (SSSR count). The number of benzene rings is 1. The van der Waals surface area contributed by atoms with Gasteiger partial charge >= 0.3 is 6.03 Å². The molecule has 9 heteroatoms. The van der Waals surface area contributed by atoms with E-state index in [1.807, 2.05) is 11.4 Å². The van der Waals surface area contributed by atoms with Gasteiger partial charge in [0.25, 0.3) is 0 Å². The minimum absolute atomic E-state index is 0.266. The van der Waals surface area contributed by atoms with E-state index in [9.17, 15) is 4.79 Å². The number of rotatable bonds is 5. The van der Waals surface area contributed by atoms with Crippen molar-refractivity contribution in [2.24, 2.45) is 0 Å². The summed E-state index contributed by atoms with van der Waals surface area (Å²) in [5, 5.41) is 9.05. The van der Waals surface area contributed by atoms with Gasteiger partial charge in [-0.1, -0.05) is 11.6 Å². The predicted octanol–water partition coefficient (Wildman–Crippen LogP) is 5.02. The maximum atomic E-state index is 11.9. The second-order valence-electron chi connectivity index (χ2n) is 4.67. The number of urea groups is 1. The van der Waals surface area contributed by atoms with Crippen molar-refractivity contribution in [3.8, 4) is 0 Å². The lowest BCUT2D eigenvalue weighted by atomic mass is 10.3. The maximum absolute atomic E-state index is 11.9. The lowest BCUT2D eigenvalue weighted by Gasteiger charge is -2.08. The number of carbonyl (C=O) groups is 1. The standard InChI is InChI=1S/C15H12BrClN4OS2/c16-10-2-1-9(7-11(10)17)21-15(22)18-4-6-24-14-13-12(3-5-23-13)19-8-20-14/h1-3,5,7-8H,4,6H2,(H2,18,21,22). The van der Waals surface area contributed by atoms with Gasteiger partial charge in [0, 0.05) is 22.5 Å². The molecule has 0 atom stereocenters. The van der Waals surface area contributed by atoms with Gasteiger partial charge in [-0.2, -0.15) is 0 Å². The molecule has 0 bridgehead atoms. The van der Waals surface area contributed by atoms with Gasteiger partial charge in [0.1, 0.15) is 11.4 Å². The predicted molar refractivity (Wildman–Crippen MR) is 104 cm³/mol. The van der Waals surface area contributed by atoms with Crippen LogP contribution in [0.4, 0.5) is 10.5 Å². The highest BCUT2D eigenvalue weighted by atomic mass is 79.9. The van der Waals surface area contributed by atoms with E-state index < -0.39 is 0 Å². The Kier molecular flexibility index (Phi) is 5.94. The first-order valence-corrected chi connectivity index (χ1v) is 9.98. The molecule has 24 heavy (non-hydrogen) atoms. The summed E-state index contributed by atoms with van der Waals surface area (Å²) in [6, 6.07) is 6.96. The first-order chi connectivity index (χ1) is 11.6. The second kappa shape index (κ2) is 8.15. The summed E-state index contributed by atoms with van der Waals surface area (Å²) in [6.07, 6.45) is 1.56. The third-order valence-electron chi connectivity index (χ3n) is 3.01. The van der Waals surface area contributed by atoms with Crippen LogP contribution in [0.3, 0.4) is 0 Å². The fourth-order valence-corrected chi connectivity index (χ4v) is 4.16. The molecule has 0 aliphatic carbocycles. The van der Waals surface area contributed by atoms with Gasteiger partial charge in [-0.15, -0.1) is 23.1 Å². The van der Waals surface area contributed by atoms with Crippen molar-refractivity contribution in [2.75, 3.05) is 17.6 Å². The molecule has 5 nitrogen and oxygen atoms in total. The van der Waals surface area contributed by atoms with Crippen molar-refractivity contribution < 1.29 is 4.79 Å². The first-order valence-electron chi connectivity index (χ1n) is 6.94. The van der Waals surface area contributed by atoms with Gasteiger partial charge in [0.2, 0.25) is 0 Å². The molecule has 0 saturated heterocycles. The summed E-state index contributed by atoms with van der Waals surface area (Å²) < 4.78 is 1.87. The lowest BCUT2D eigenvalue weighted by Crippen LogP contribution is -2.30. The Hall–Kier alpha value is -1.35. The molecule has 2 amide bonds. The van der Waals surface area contributed by atoms with Crippen LogP contribution in [0.5, 0.6) is 0 Å². The van der Waals surface area contributed by atoms with E-state index in [4.69, 9.17) is 11.6 Å². The zero-order valence-corrected chi connectivity index (χ0v) is 16.2. The lowest BCUT2D eigenvalue weighted by molar-refractivity contribution is 0.252. The zero-order chi connectivity index (χ0) is 16.9. The molecule has 0 aliphatic heterocycles. The van der Waals surface area contributed by atoms with Crippen molar-refractivity contribution in [3.05, 3.63) is 45.5 Å². The van der Waals surface area contributed by atoms with Crippen LogP contribution in [0.15, 0.2) is 45.5 Å². The van der Waals surface area contributed by atoms with Gasteiger partial charge < -0.3 is 10.6 Å². The molecule has 0 spiro atoms. The third-order valence-corrected chi connectivity index (χ3v) is 6.28. The van der Waals surface area contributed by atoms with Crippen molar-refractivity contribution >= 4 is 72.6 Å². The minimum Gasteiger partial charge on any atom is -0.337 e. The van der Waals surface area contributed by atoms with Gasteiger partial charge in [0.15, 0.2) is 0 Å². The third kappa shape index (κ3) is 4.38. The van der Waals surface area contributed by atoms with E-state index >= 15 is 0 Å². The van der Waals surface area contributed by atoms with Crippen molar-refractivity contribution in [2.45, 2.75) is 5.03 Å².